The summed E-state index contributed by atoms with van der Waals surface area (Å²) in [5, 5.41) is 3.32. The van der Waals surface area contributed by atoms with Crippen molar-refractivity contribution in [3.8, 4) is 5.82 Å². The van der Waals surface area contributed by atoms with Crippen molar-refractivity contribution in [1.29, 1.82) is 0 Å². The number of ether oxygens (including phenoxy) is 1. The summed E-state index contributed by atoms with van der Waals surface area (Å²) in [4.78, 5) is 24.0. The molecule has 1 aliphatic carbocycles. The Kier molecular flexibility index (Phi) is 8.07. The summed E-state index contributed by atoms with van der Waals surface area (Å²) in [6.45, 7) is 8.47. The number of rotatable bonds is 9. The second-order valence-corrected chi connectivity index (χ2v) is 9.09. The number of piperidine rings is 1. The van der Waals surface area contributed by atoms with E-state index in [4.69, 9.17) is 4.74 Å². The SMILES string of the molecule is C=CCOCC1CCCN(C[C@@H]2CCCC[C@H]2NC(=O)c2ccc(-n3ccnc3)nc2)C1. The summed E-state index contributed by atoms with van der Waals surface area (Å²) in [5.74, 6) is 1.83. The molecule has 7 nitrogen and oxygen atoms in total. The number of hydrogen-bond acceptors (Lipinski definition) is 5. The molecule has 2 aliphatic rings. The van der Waals surface area contributed by atoms with Crippen LogP contribution in [-0.2, 0) is 4.74 Å². The molecule has 1 saturated carbocycles. The summed E-state index contributed by atoms with van der Waals surface area (Å²) in [6.07, 6.45) is 15.8. The van der Waals surface area contributed by atoms with E-state index in [1.807, 2.05) is 29.0 Å². The summed E-state index contributed by atoms with van der Waals surface area (Å²) in [7, 11) is 0. The first-order valence-electron chi connectivity index (χ1n) is 11.9. The lowest BCUT2D eigenvalue weighted by Gasteiger charge is -2.39. The highest BCUT2D eigenvalue weighted by molar-refractivity contribution is 5.94. The van der Waals surface area contributed by atoms with E-state index in [0.29, 0.717) is 24.0 Å². The smallest absolute Gasteiger partial charge is 0.253 e. The van der Waals surface area contributed by atoms with Crippen molar-refractivity contribution in [2.45, 2.75) is 44.6 Å². The molecule has 2 aromatic heterocycles. The van der Waals surface area contributed by atoms with Gasteiger partial charge in [-0.1, -0.05) is 18.9 Å². The Bertz CT molecular complexity index is 852. The van der Waals surface area contributed by atoms with E-state index in [1.54, 1.807) is 18.7 Å². The normalized spacial score (nSPS) is 24.2. The molecular formula is C25H35N5O2. The average molecular weight is 438 g/mol. The van der Waals surface area contributed by atoms with E-state index >= 15 is 0 Å². The number of pyridine rings is 1. The van der Waals surface area contributed by atoms with E-state index in [9.17, 15) is 4.79 Å². The third-order valence-corrected chi connectivity index (χ3v) is 6.69. The van der Waals surface area contributed by atoms with Crippen LogP contribution in [0.2, 0.25) is 0 Å². The van der Waals surface area contributed by atoms with Crippen LogP contribution < -0.4 is 5.32 Å². The van der Waals surface area contributed by atoms with Gasteiger partial charge in [-0.05, 0) is 56.2 Å². The van der Waals surface area contributed by atoms with Crippen LogP contribution in [0.15, 0.2) is 49.7 Å². The van der Waals surface area contributed by atoms with Crippen molar-refractivity contribution < 1.29 is 9.53 Å². The molecule has 0 spiro atoms. The molecular weight excluding hydrogens is 402 g/mol. The minimum absolute atomic E-state index is 0.0269. The predicted molar refractivity (Wildman–Crippen MR) is 125 cm³/mol. The molecule has 1 aliphatic heterocycles. The molecule has 172 valence electrons. The molecule has 1 N–H and O–H groups in total. The molecule has 0 radical (unpaired) electrons. The highest BCUT2D eigenvalue weighted by Crippen LogP contribution is 2.27. The molecule has 1 amide bonds. The zero-order valence-electron chi connectivity index (χ0n) is 18.9. The Balaban J connectivity index is 1.32. The third-order valence-electron chi connectivity index (χ3n) is 6.69. The highest BCUT2D eigenvalue weighted by atomic mass is 16.5. The van der Waals surface area contributed by atoms with E-state index in [-0.39, 0.29) is 11.9 Å². The van der Waals surface area contributed by atoms with Gasteiger partial charge in [-0.3, -0.25) is 9.36 Å². The maximum Gasteiger partial charge on any atom is 0.253 e. The number of carbonyl (C=O) groups is 1. The number of nitrogens with one attached hydrogen (secondary N) is 1. The van der Waals surface area contributed by atoms with Crippen LogP contribution in [0.25, 0.3) is 5.82 Å². The van der Waals surface area contributed by atoms with E-state index < -0.39 is 0 Å². The van der Waals surface area contributed by atoms with Crippen molar-refractivity contribution in [3.63, 3.8) is 0 Å². The zero-order chi connectivity index (χ0) is 22.2. The minimum Gasteiger partial charge on any atom is -0.377 e. The second-order valence-electron chi connectivity index (χ2n) is 9.09. The minimum atomic E-state index is -0.0269. The van der Waals surface area contributed by atoms with Crippen LogP contribution >= 0.6 is 0 Å². The largest absolute Gasteiger partial charge is 0.377 e. The molecule has 2 fully saturated rings. The van der Waals surface area contributed by atoms with Gasteiger partial charge in [0.1, 0.15) is 12.1 Å². The van der Waals surface area contributed by atoms with E-state index in [0.717, 1.165) is 38.5 Å². The molecule has 4 rings (SSSR count). The standard InChI is InChI=1S/C25H35N5O2/c1-2-14-32-18-20-6-5-12-29(16-20)17-22-7-3-4-8-23(22)28-25(31)21-9-10-24(27-15-21)30-13-11-26-19-30/h2,9-11,13,15,19-20,22-23H,1,3-8,12,14,16-18H2,(H,28,31)/t20?,22-,23+/m0/s1. The quantitative estimate of drug-likeness (QED) is 0.480. The fourth-order valence-corrected chi connectivity index (χ4v) is 5.04. The van der Waals surface area contributed by atoms with Gasteiger partial charge in [0.25, 0.3) is 5.91 Å². The fourth-order valence-electron chi connectivity index (χ4n) is 5.04. The van der Waals surface area contributed by atoms with Gasteiger partial charge in [-0.25, -0.2) is 9.97 Å². The van der Waals surface area contributed by atoms with Gasteiger partial charge in [0.05, 0.1) is 18.8 Å². The average Bonchev–Trinajstić information content (AvgIpc) is 3.36. The summed E-state index contributed by atoms with van der Waals surface area (Å²) in [5.41, 5.74) is 0.607. The summed E-state index contributed by atoms with van der Waals surface area (Å²) < 4.78 is 7.53. The Hall–Kier alpha value is -2.51. The van der Waals surface area contributed by atoms with Crippen molar-refractivity contribution in [1.82, 2.24) is 24.8 Å². The van der Waals surface area contributed by atoms with Crippen LogP contribution in [-0.4, -0.2) is 64.2 Å². The molecule has 32 heavy (non-hydrogen) atoms. The van der Waals surface area contributed by atoms with E-state index in [2.05, 4.69) is 26.8 Å². The molecule has 7 heteroatoms. The lowest BCUT2D eigenvalue weighted by Crippen LogP contribution is -2.48. The van der Waals surface area contributed by atoms with Crippen molar-refractivity contribution in [3.05, 3.63) is 55.3 Å². The molecule has 3 atom stereocenters. The van der Waals surface area contributed by atoms with Gasteiger partial charge in [0, 0.05) is 37.7 Å². The highest BCUT2D eigenvalue weighted by Gasteiger charge is 2.30. The number of hydrogen-bond donors (Lipinski definition) is 1. The molecule has 0 bridgehead atoms. The number of imidazole rings is 1. The fraction of sp³-hybridized carbons (Fsp3) is 0.560. The van der Waals surface area contributed by atoms with Gasteiger partial charge in [-0.15, -0.1) is 6.58 Å². The number of nitrogens with zero attached hydrogens (tertiary/aromatic N) is 4. The molecule has 1 saturated heterocycles. The molecule has 1 unspecified atom stereocenters. The third kappa shape index (κ3) is 6.04. The van der Waals surface area contributed by atoms with E-state index in [1.165, 1.54) is 32.1 Å². The van der Waals surface area contributed by atoms with Gasteiger partial charge in [0.15, 0.2) is 0 Å². The van der Waals surface area contributed by atoms with Crippen LogP contribution in [0.1, 0.15) is 48.9 Å². The van der Waals surface area contributed by atoms with Gasteiger partial charge < -0.3 is 15.0 Å². The summed E-state index contributed by atoms with van der Waals surface area (Å²) >= 11 is 0. The van der Waals surface area contributed by atoms with Crippen LogP contribution in [0.5, 0.6) is 0 Å². The number of aromatic nitrogens is 3. The monoisotopic (exact) mass is 437 g/mol. The molecule has 0 aromatic carbocycles. The first-order valence-corrected chi connectivity index (χ1v) is 11.9. The van der Waals surface area contributed by atoms with Crippen molar-refractivity contribution in [2.24, 2.45) is 11.8 Å². The van der Waals surface area contributed by atoms with Crippen LogP contribution in [0, 0.1) is 11.8 Å². The van der Waals surface area contributed by atoms with Crippen LogP contribution in [0.4, 0.5) is 0 Å². The first kappa shape index (κ1) is 22.7. The van der Waals surface area contributed by atoms with Gasteiger partial charge in [-0.2, -0.15) is 0 Å². The Morgan fingerprint density at radius 1 is 1.25 bits per heavy atom. The maximum atomic E-state index is 12.9. The molecule has 3 heterocycles. The summed E-state index contributed by atoms with van der Waals surface area (Å²) in [6, 6.07) is 3.92. The Labute approximate surface area is 190 Å². The number of likely N-dealkylation sites (tertiary alicyclic amines) is 1. The first-order chi connectivity index (χ1) is 15.7. The van der Waals surface area contributed by atoms with Crippen molar-refractivity contribution >= 4 is 5.91 Å². The topological polar surface area (TPSA) is 72.3 Å². The van der Waals surface area contributed by atoms with Crippen LogP contribution in [0.3, 0.4) is 0 Å². The number of amides is 1. The second kappa shape index (κ2) is 11.4. The lowest BCUT2D eigenvalue weighted by atomic mass is 9.83. The maximum absolute atomic E-state index is 12.9. The lowest BCUT2D eigenvalue weighted by molar-refractivity contribution is 0.0599. The van der Waals surface area contributed by atoms with Gasteiger partial charge >= 0.3 is 0 Å². The zero-order valence-corrected chi connectivity index (χ0v) is 18.9. The molecule has 2 aromatic rings. The number of carbonyl (C=O) groups excluding carboxylic acids is 1. The predicted octanol–water partition coefficient (Wildman–Crippen LogP) is 3.47. The van der Waals surface area contributed by atoms with Crippen molar-refractivity contribution in [2.75, 3.05) is 32.8 Å². The van der Waals surface area contributed by atoms with Gasteiger partial charge in [0.2, 0.25) is 0 Å². The Morgan fingerprint density at radius 3 is 2.94 bits per heavy atom. The Morgan fingerprint density at radius 2 is 2.16 bits per heavy atom.